The van der Waals surface area contributed by atoms with Gasteiger partial charge in [-0.3, -0.25) is 9.59 Å². The van der Waals surface area contributed by atoms with Gasteiger partial charge in [-0.2, -0.15) is 13.2 Å². The van der Waals surface area contributed by atoms with Crippen LogP contribution in [0.2, 0.25) is 0 Å². The number of hydrogen-bond donors (Lipinski definition) is 3. The van der Waals surface area contributed by atoms with Gasteiger partial charge in [0, 0.05) is 17.8 Å². The Balaban J connectivity index is 1.46. The Morgan fingerprint density at radius 1 is 0.884 bits per heavy atom. The highest BCUT2D eigenvalue weighted by atomic mass is 19.4. The maximum absolute atomic E-state index is 13.0. The smallest absolute Gasteiger partial charge is 0.416 e. The Hall–Kier alpha value is -4.79. The Morgan fingerprint density at radius 2 is 1.51 bits per heavy atom. The van der Waals surface area contributed by atoms with Crippen LogP contribution < -0.4 is 15.4 Å². The van der Waals surface area contributed by atoms with Crippen molar-refractivity contribution < 1.29 is 32.6 Å². The first kappa shape index (κ1) is 31.2. The summed E-state index contributed by atoms with van der Waals surface area (Å²) in [5, 5.41) is 14.8. The molecule has 224 valence electrons. The number of carbonyl (C=O) groups excluding carboxylic acids is 1. The number of benzene rings is 4. The number of carboxylic acids is 1. The topological polar surface area (TPSA) is 87.7 Å². The predicted molar refractivity (Wildman–Crippen MR) is 160 cm³/mol. The fraction of sp³-hybridized carbons (Fsp3) is 0.235. The van der Waals surface area contributed by atoms with Gasteiger partial charge < -0.3 is 20.5 Å². The van der Waals surface area contributed by atoms with Gasteiger partial charge in [-0.15, -0.1) is 0 Å². The molecule has 4 aromatic rings. The molecule has 4 rings (SSSR count). The maximum atomic E-state index is 13.0. The number of carbonyl (C=O) groups is 2. The minimum atomic E-state index is -4.38. The van der Waals surface area contributed by atoms with Crippen LogP contribution in [-0.4, -0.2) is 36.2 Å². The molecule has 0 bridgehead atoms. The number of amides is 1. The Kier molecular flexibility index (Phi) is 10.1. The van der Waals surface area contributed by atoms with Crippen LogP contribution in [-0.2, 0) is 17.4 Å². The SMILES string of the molecule is Cc1cc(OC[C@@H](Cc2ccccc2)Nc2ccc(C(=O)NCCC(=O)O)cc2)cc(C)c1-c1ccc(C(F)(F)F)cc1. The van der Waals surface area contributed by atoms with E-state index in [-0.39, 0.29) is 24.9 Å². The predicted octanol–water partition coefficient (Wildman–Crippen LogP) is 7.30. The lowest BCUT2D eigenvalue weighted by atomic mass is 9.94. The zero-order chi connectivity index (χ0) is 31.0. The molecule has 0 saturated carbocycles. The van der Waals surface area contributed by atoms with Gasteiger partial charge in [-0.25, -0.2) is 0 Å². The largest absolute Gasteiger partial charge is 0.491 e. The average Bonchev–Trinajstić information content (AvgIpc) is 2.96. The molecule has 0 saturated heterocycles. The number of aryl methyl sites for hydroxylation is 2. The van der Waals surface area contributed by atoms with E-state index in [9.17, 15) is 22.8 Å². The second-order valence-corrected chi connectivity index (χ2v) is 10.3. The second-order valence-electron chi connectivity index (χ2n) is 10.3. The molecule has 43 heavy (non-hydrogen) atoms. The summed E-state index contributed by atoms with van der Waals surface area (Å²) in [6, 6.07) is 25.7. The molecule has 3 N–H and O–H groups in total. The number of hydrogen-bond acceptors (Lipinski definition) is 4. The highest BCUT2D eigenvalue weighted by Crippen LogP contribution is 2.34. The van der Waals surface area contributed by atoms with Crippen LogP contribution in [0.5, 0.6) is 5.75 Å². The van der Waals surface area contributed by atoms with Crippen LogP contribution in [0.25, 0.3) is 11.1 Å². The molecular formula is C34H33F3N2O4. The van der Waals surface area contributed by atoms with E-state index in [1.807, 2.05) is 56.3 Å². The third-order valence-corrected chi connectivity index (χ3v) is 6.93. The molecular weight excluding hydrogens is 557 g/mol. The van der Waals surface area contributed by atoms with Gasteiger partial charge >= 0.3 is 12.1 Å². The van der Waals surface area contributed by atoms with Gasteiger partial charge in [0.2, 0.25) is 0 Å². The third-order valence-electron chi connectivity index (χ3n) is 6.93. The van der Waals surface area contributed by atoms with Gasteiger partial charge in [0.15, 0.2) is 0 Å². The molecule has 9 heteroatoms. The Bertz CT molecular complexity index is 1510. The molecule has 0 unspecified atom stereocenters. The molecule has 1 amide bonds. The van der Waals surface area contributed by atoms with Crippen molar-refractivity contribution in [2.24, 2.45) is 0 Å². The van der Waals surface area contributed by atoms with Crippen LogP contribution >= 0.6 is 0 Å². The molecule has 4 aromatic carbocycles. The molecule has 0 aliphatic rings. The van der Waals surface area contributed by atoms with Crippen molar-refractivity contribution in [3.8, 4) is 16.9 Å². The maximum Gasteiger partial charge on any atom is 0.416 e. The zero-order valence-electron chi connectivity index (χ0n) is 23.9. The number of aliphatic carboxylic acids is 1. The van der Waals surface area contributed by atoms with Crippen molar-refractivity contribution in [1.29, 1.82) is 0 Å². The average molecular weight is 591 g/mol. The van der Waals surface area contributed by atoms with Gasteiger partial charge in [0.05, 0.1) is 18.0 Å². The van der Waals surface area contributed by atoms with Gasteiger partial charge in [0.25, 0.3) is 5.91 Å². The van der Waals surface area contributed by atoms with Crippen molar-refractivity contribution in [3.63, 3.8) is 0 Å². The quantitative estimate of drug-likeness (QED) is 0.161. The molecule has 0 aliphatic carbocycles. The Labute approximate surface area is 248 Å². The summed E-state index contributed by atoms with van der Waals surface area (Å²) in [5.74, 6) is -0.673. The van der Waals surface area contributed by atoms with Crippen molar-refractivity contribution in [2.45, 2.75) is 38.9 Å². The fourth-order valence-electron chi connectivity index (χ4n) is 4.87. The third kappa shape index (κ3) is 8.85. The molecule has 0 fully saturated rings. The summed E-state index contributed by atoms with van der Waals surface area (Å²) in [6.45, 7) is 4.19. The molecule has 0 heterocycles. The van der Waals surface area contributed by atoms with Crippen LogP contribution in [0, 0.1) is 13.8 Å². The van der Waals surface area contributed by atoms with E-state index in [1.54, 1.807) is 24.3 Å². The Morgan fingerprint density at radius 3 is 2.09 bits per heavy atom. The number of rotatable bonds is 12. The zero-order valence-corrected chi connectivity index (χ0v) is 23.9. The van der Waals surface area contributed by atoms with Gasteiger partial charge in [-0.05, 0) is 96.6 Å². The number of ether oxygens (including phenoxy) is 1. The number of nitrogens with one attached hydrogen (secondary N) is 2. The second kappa shape index (κ2) is 13.9. The van der Waals surface area contributed by atoms with Crippen LogP contribution in [0.15, 0.2) is 91.0 Å². The molecule has 0 aliphatic heterocycles. The first-order valence-electron chi connectivity index (χ1n) is 13.8. The van der Waals surface area contributed by atoms with Crippen molar-refractivity contribution in [1.82, 2.24) is 5.32 Å². The standard InChI is InChI=1S/C34H33F3N2O4/c1-22-18-30(19-23(2)32(22)25-8-12-27(13-9-25)34(35,36)37)43-21-29(20-24-6-4-3-5-7-24)39-28-14-10-26(11-15-28)33(42)38-17-16-31(40)41/h3-15,18-19,29,39H,16-17,20-21H2,1-2H3,(H,38,42)(H,40,41)/t29-/m1/s1. The monoisotopic (exact) mass is 590 g/mol. The molecule has 0 radical (unpaired) electrons. The minimum Gasteiger partial charge on any atom is -0.491 e. The number of anilines is 1. The highest BCUT2D eigenvalue weighted by Gasteiger charge is 2.30. The first-order chi connectivity index (χ1) is 20.5. The summed E-state index contributed by atoms with van der Waals surface area (Å²) < 4.78 is 45.3. The molecule has 0 spiro atoms. The first-order valence-corrected chi connectivity index (χ1v) is 13.8. The van der Waals surface area contributed by atoms with E-state index in [0.717, 1.165) is 40.1 Å². The summed E-state index contributed by atoms with van der Waals surface area (Å²) in [4.78, 5) is 23.0. The van der Waals surface area contributed by atoms with Crippen LogP contribution in [0.4, 0.5) is 18.9 Å². The lowest BCUT2D eigenvalue weighted by Crippen LogP contribution is -2.29. The number of halogens is 3. The van der Waals surface area contributed by atoms with E-state index in [4.69, 9.17) is 9.84 Å². The lowest BCUT2D eigenvalue weighted by Gasteiger charge is -2.22. The van der Waals surface area contributed by atoms with Crippen molar-refractivity contribution in [3.05, 3.63) is 119 Å². The van der Waals surface area contributed by atoms with E-state index < -0.39 is 17.7 Å². The number of alkyl halides is 3. The lowest BCUT2D eigenvalue weighted by molar-refractivity contribution is -0.138. The van der Waals surface area contributed by atoms with E-state index in [1.165, 1.54) is 12.1 Å². The van der Waals surface area contributed by atoms with Gasteiger partial charge in [-0.1, -0.05) is 42.5 Å². The van der Waals surface area contributed by atoms with Crippen LogP contribution in [0.1, 0.15) is 39.0 Å². The summed E-state index contributed by atoms with van der Waals surface area (Å²) in [7, 11) is 0. The van der Waals surface area contributed by atoms with E-state index in [0.29, 0.717) is 29.9 Å². The van der Waals surface area contributed by atoms with E-state index in [2.05, 4.69) is 10.6 Å². The van der Waals surface area contributed by atoms with Crippen LogP contribution in [0.3, 0.4) is 0 Å². The van der Waals surface area contributed by atoms with Crippen molar-refractivity contribution >= 4 is 17.6 Å². The number of carboxylic acid groups (broad SMARTS) is 1. The molecule has 0 aromatic heterocycles. The fourth-order valence-corrected chi connectivity index (χ4v) is 4.87. The molecule has 1 atom stereocenters. The summed E-state index contributed by atoms with van der Waals surface area (Å²) in [6.07, 6.45) is -3.87. The normalized spacial score (nSPS) is 11.9. The summed E-state index contributed by atoms with van der Waals surface area (Å²) in [5.41, 5.74) is 4.99. The minimum absolute atomic E-state index is 0.0505. The van der Waals surface area contributed by atoms with Gasteiger partial charge in [0.1, 0.15) is 12.4 Å². The van der Waals surface area contributed by atoms with E-state index >= 15 is 0 Å². The molecule has 6 nitrogen and oxygen atoms in total. The summed E-state index contributed by atoms with van der Waals surface area (Å²) >= 11 is 0. The van der Waals surface area contributed by atoms with Crippen molar-refractivity contribution in [2.75, 3.05) is 18.5 Å². The highest BCUT2D eigenvalue weighted by molar-refractivity contribution is 5.94.